The number of hydrogen-bond donors (Lipinski definition) is 2. The molecule has 1 unspecified atom stereocenters. The summed E-state index contributed by atoms with van der Waals surface area (Å²) < 4.78 is 4.75. The predicted octanol–water partition coefficient (Wildman–Crippen LogP) is -1.50. The Bertz CT molecular complexity index is 839. The summed E-state index contributed by atoms with van der Waals surface area (Å²) in [7, 11) is 1.24. The molecule has 3 rings (SSSR count). The molecular weight excluding hydrogens is 398 g/mol. The van der Waals surface area contributed by atoms with Gasteiger partial charge in [0.15, 0.2) is 10.8 Å². The number of nitrogen functional groups attached to an aromatic ring is 1. The number of carbonyl (C=O) groups is 4. The molecular formula is C14H15N5O8S. The van der Waals surface area contributed by atoms with Crippen LogP contribution >= 0.6 is 11.3 Å². The molecule has 0 spiro atoms. The highest BCUT2D eigenvalue weighted by Gasteiger charge is 2.41. The van der Waals surface area contributed by atoms with Crippen molar-refractivity contribution < 1.29 is 38.4 Å². The first-order chi connectivity index (χ1) is 13.4. The van der Waals surface area contributed by atoms with Gasteiger partial charge in [0.05, 0.1) is 0 Å². The number of hydrogen-bond acceptors (Lipinski definition) is 12. The monoisotopic (exact) mass is 413 g/mol. The van der Waals surface area contributed by atoms with Gasteiger partial charge in [-0.3, -0.25) is 14.4 Å². The number of hydroxylamine groups is 2. The van der Waals surface area contributed by atoms with E-state index in [0.717, 1.165) is 11.3 Å². The molecule has 14 heteroatoms. The summed E-state index contributed by atoms with van der Waals surface area (Å²) >= 11 is 1.10. The number of rotatable bonds is 6. The van der Waals surface area contributed by atoms with E-state index < -0.39 is 35.9 Å². The van der Waals surface area contributed by atoms with Gasteiger partial charge in [0.1, 0.15) is 25.5 Å². The van der Waals surface area contributed by atoms with E-state index in [0.29, 0.717) is 5.23 Å². The number of nitrogens with two attached hydrogens (primary N) is 1. The van der Waals surface area contributed by atoms with Crippen molar-refractivity contribution >= 4 is 45.9 Å². The number of cyclic esters (lactones) is 1. The molecule has 150 valence electrons. The third-order valence-corrected chi connectivity index (χ3v) is 4.30. The fourth-order valence-corrected chi connectivity index (χ4v) is 2.88. The van der Waals surface area contributed by atoms with Crippen LogP contribution in [0.1, 0.15) is 18.5 Å². The summed E-state index contributed by atoms with van der Waals surface area (Å²) in [6.45, 7) is -0.290. The lowest BCUT2D eigenvalue weighted by atomic mass is 10.2. The van der Waals surface area contributed by atoms with Gasteiger partial charge >= 0.3 is 17.8 Å². The van der Waals surface area contributed by atoms with Crippen LogP contribution in [0.4, 0.5) is 5.13 Å². The van der Waals surface area contributed by atoms with Crippen LogP contribution < -0.4 is 11.1 Å². The molecule has 13 nitrogen and oxygen atoms in total. The third kappa shape index (κ3) is 4.17. The Hall–Kier alpha value is -3.26. The minimum atomic E-state index is -1.15. The molecule has 0 saturated carbocycles. The van der Waals surface area contributed by atoms with Crippen molar-refractivity contribution in [1.82, 2.24) is 15.5 Å². The number of esters is 1. The summed E-state index contributed by atoms with van der Waals surface area (Å²) in [5.41, 5.74) is 5.51. The van der Waals surface area contributed by atoms with E-state index in [2.05, 4.69) is 20.3 Å². The predicted molar refractivity (Wildman–Crippen MR) is 90.0 cm³/mol. The Morgan fingerprint density at radius 1 is 1.46 bits per heavy atom. The van der Waals surface area contributed by atoms with Crippen LogP contribution in [0.5, 0.6) is 0 Å². The zero-order chi connectivity index (χ0) is 20.3. The SMILES string of the molecule is CON=C(C(=O)N[C@@H]1CON(OC(=O)C2CCC(=O)O2)C1=O)c1csc(N)n1. The van der Waals surface area contributed by atoms with E-state index in [-0.39, 0.29) is 36.0 Å². The zero-order valence-electron chi connectivity index (χ0n) is 14.4. The molecule has 2 amide bonds. The molecule has 28 heavy (non-hydrogen) atoms. The fraction of sp³-hybridized carbons (Fsp3) is 0.429. The number of nitrogens with zero attached hydrogens (tertiary/aromatic N) is 3. The van der Waals surface area contributed by atoms with Crippen molar-refractivity contribution in [1.29, 1.82) is 0 Å². The maximum absolute atomic E-state index is 12.4. The van der Waals surface area contributed by atoms with E-state index in [9.17, 15) is 19.2 Å². The third-order valence-electron chi connectivity index (χ3n) is 3.62. The van der Waals surface area contributed by atoms with Crippen molar-refractivity contribution in [3.63, 3.8) is 0 Å². The van der Waals surface area contributed by atoms with Crippen LogP contribution in [-0.4, -0.2) is 65.5 Å². The van der Waals surface area contributed by atoms with Crippen molar-refractivity contribution in [2.75, 3.05) is 19.5 Å². The van der Waals surface area contributed by atoms with Gasteiger partial charge in [-0.05, 0) is 5.23 Å². The molecule has 0 aliphatic carbocycles. The molecule has 1 aromatic heterocycles. The first-order valence-electron chi connectivity index (χ1n) is 7.90. The number of oxime groups is 1. The highest BCUT2D eigenvalue weighted by atomic mass is 32.1. The average molecular weight is 413 g/mol. The smallest absolute Gasteiger partial charge is 0.375 e. The van der Waals surface area contributed by atoms with E-state index in [1.807, 2.05) is 0 Å². The second kappa shape index (κ2) is 8.18. The summed E-state index contributed by atoms with van der Waals surface area (Å²) in [6.07, 6.45) is -0.878. The van der Waals surface area contributed by atoms with Crippen LogP contribution in [0, 0.1) is 0 Å². The number of thiazole rings is 1. The number of ether oxygens (including phenoxy) is 1. The van der Waals surface area contributed by atoms with Gasteiger partial charge in [0.25, 0.3) is 5.91 Å². The van der Waals surface area contributed by atoms with E-state index >= 15 is 0 Å². The summed E-state index contributed by atoms with van der Waals surface area (Å²) in [5, 5.41) is 8.03. The van der Waals surface area contributed by atoms with Crippen LogP contribution in [-0.2, 0) is 38.4 Å². The molecule has 3 N–H and O–H groups in total. The maximum Gasteiger partial charge on any atom is 0.375 e. The molecule has 0 bridgehead atoms. The van der Waals surface area contributed by atoms with Crippen molar-refractivity contribution in [2.24, 2.45) is 5.16 Å². The minimum absolute atomic E-state index is 0.0794. The van der Waals surface area contributed by atoms with Crippen molar-refractivity contribution in [3.05, 3.63) is 11.1 Å². The lowest BCUT2D eigenvalue weighted by Crippen LogP contribution is -2.46. The Kier molecular flexibility index (Phi) is 5.70. The normalized spacial score (nSPS) is 22.2. The minimum Gasteiger partial charge on any atom is -0.450 e. The number of anilines is 1. The molecule has 2 aliphatic rings. The molecule has 2 fully saturated rings. The molecule has 3 heterocycles. The van der Waals surface area contributed by atoms with Gasteiger partial charge in [0.2, 0.25) is 6.10 Å². The van der Waals surface area contributed by atoms with Crippen LogP contribution in [0.3, 0.4) is 0 Å². The van der Waals surface area contributed by atoms with Gasteiger partial charge in [-0.2, -0.15) is 0 Å². The molecule has 0 aromatic carbocycles. The molecule has 0 radical (unpaired) electrons. The van der Waals surface area contributed by atoms with E-state index in [4.69, 9.17) is 20.1 Å². The van der Waals surface area contributed by atoms with Crippen LogP contribution in [0.15, 0.2) is 10.5 Å². The molecule has 2 saturated heterocycles. The number of nitrogens with one attached hydrogen (secondary N) is 1. The summed E-state index contributed by atoms with van der Waals surface area (Å²) in [4.78, 5) is 65.9. The zero-order valence-corrected chi connectivity index (χ0v) is 15.3. The van der Waals surface area contributed by atoms with Crippen molar-refractivity contribution in [3.8, 4) is 0 Å². The Morgan fingerprint density at radius 2 is 2.25 bits per heavy atom. The van der Waals surface area contributed by atoms with Crippen LogP contribution in [0.25, 0.3) is 0 Å². The van der Waals surface area contributed by atoms with Gasteiger partial charge in [-0.15, -0.1) is 11.3 Å². The Balaban J connectivity index is 1.59. The largest absolute Gasteiger partial charge is 0.450 e. The number of aromatic nitrogens is 1. The summed E-state index contributed by atoms with van der Waals surface area (Å²) in [5.74, 6) is -3.09. The molecule has 2 aliphatic heterocycles. The van der Waals surface area contributed by atoms with Gasteiger partial charge in [-0.25, -0.2) is 14.6 Å². The Morgan fingerprint density at radius 3 is 2.86 bits per heavy atom. The number of carbonyl (C=O) groups excluding carboxylic acids is 4. The second-order valence-electron chi connectivity index (χ2n) is 5.54. The maximum atomic E-state index is 12.4. The first-order valence-corrected chi connectivity index (χ1v) is 8.78. The highest BCUT2D eigenvalue weighted by molar-refractivity contribution is 7.13. The molecule has 1 aromatic rings. The van der Waals surface area contributed by atoms with Gasteiger partial charge in [0, 0.05) is 18.2 Å². The van der Waals surface area contributed by atoms with E-state index in [1.54, 1.807) is 0 Å². The quantitative estimate of drug-likeness (QED) is 0.317. The van der Waals surface area contributed by atoms with Crippen LogP contribution in [0.2, 0.25) is 0 Å². The van der Waals surface area contributed by atoms with Gasteiger partial charge in [-0.1, -0.05) is 5.16 Å². The second-order valence-corrected chi connectivity index (χ2v) is 6.43. The molecule has 2 atom stereocenters. The topological polar surface area (TPSA) is 172 Å². The fourth-order valence-electron chi connectivity index (χ4n) is 2.33. The Labute approximate surface area is 161 Å². The van der Waals surface area contributed by atoms with E-state index in [1.165, 1.54) is 12.5 Å². The van der Waals surface area contributed by atoms with Gasteiger partial charge < -0.3 is 25.5 Å². The lowest BCUT2D eigenvalue weighted by Gasteiger charge is -2.15. The van der Waals surface area contributed by atoms with Crippen molar-refractivity contribution in [2.45, 2.75) is 25.0 Å². The lowest BCUT2D eigenvalue weighted by molar-refractivity contribution is -0.306. The average Bonchev–Trinajstić information content (AvgIpc) is 3.36. The highest BCUT2D eigenvalue weighted by Crippen LogP contribution is 2.18. The summed E-state index contributed by atoms with van der Waals surface area (Å²) in [6, 6.07) is -1.15. The number of amides is 2. The first kappa shape index (κ1) is 19.5. The standard InChI is InChI=1S/C14H15N5O8S/c1-24-18-10(7-5-28-14(15)17-7)11(21)16-6-4-25-19(12(6)22)27-13(23)8-2-3-9(20)26-8/h5-6,8H,2-4H2,1H3,(H2,15,17)(H,16,21)/t6-,8?/m1/s1.